The summed E-state index contributed by atoms with van der Waals surface area (Å²) >= 11 is 0. The minimum absolute atomic E-state index is 0.0518. The maximum absolute atomic E-state index is 12.9. The Kier molecular flexibility index (Phi) is 5.36. The van der Waals surface area contributed by atoms with Gasteiger partial charge in [-0.15, -0.1) is 0 Å². The molecule has 4 rings (SSSR count). The van der Waals surface area contributed by atoms with Crippen LogP contribution in [0.1, 0.15) is 15.9 Å². The van der Waals surface area contributed by atoms with Crippen LogP contribution in [0.2, 0.25) is 0 Å². The van der Waals surface area contributed by atoms with Crippen molar-refractivity contribution in [2.75, 3.05) is 37.7 Å². The number of hydrogen-bond acceptors (Lipinski definition) is 5. The largest absolute Gasteiger partial charge is 0.416 e. The molecule has 1 saturated heterocycles. The van der Waals surface area contributed by atoms with E-state index in [0.717, 1.165) is 22.5 Å². The maximum atomic E-state index is 12.9. The number of Topliss-reactive ketones (excluding diaryl/α,β-unsaturated/α-hetero) is 1. The van der Waals surface area contributed by atoms with E-state index in [0.29, 0.717) is 17.3 Å². The molecule has 0 atom stereocenters. The summed E-state index contributed by atoms with van der Waals surface area (Å²) in [5.41, 5.74) is -0.183. The monoisotopic (exact) mass is 453 g/mol. The molecule has 164 valence electrons. The van der Waals surface area contributed by atoms with Gasteiger partial charge in [0.25, 0.3) is 5.78 Å². The van der Waals surface area contributed by atoms with Crippen LogP contribution in [0.3, 0.4) is 0 Å². The fourth-order valence-electron chi connectivity index (χ4n) is 3.68. The molecule has 0 radical (unpaired) electrons. The first-order chi connectivity index (χ1) is 14.6. The average Bonchev–Trinajstić information content (AvgIpc) is 2.99. The van der Waals surface area contributed by atoms with Crippen LogP contribution in [0.15, 0.2) is 53.4 Å². The minimum atomic E-state index is -4.64. The summed E-state index contributed by atoms with van der Waals surface area (Å²) in [6, 6.07) is 10.3. The normalized spacial score (nSPS) is 18.5. The molecule has 0 spiro atoms. The zero-order valence-electron chi connectivity index (χ0n) is 16.2. The maximum Gasteiger partial charge on any atom is 0.416 e. The lowest BCUT2D eigenvalue weighted by Gasteiger charge is -2.35. The molecule has 2 heterocycles. The summed E-state index contributed by atoms with van der Waals surface area (Å²) < 4.78 is 65.6. The highest BCUT2D eigenvalue weighted by atomic mass is 32.2. The molecule has 0 aromatic heterocycles. The fraction of sp³-hybridized carbons (Fsp3) is 0.300. The van der Waals surface area contributed by atoms with Crippen LogP contribution in [0.4, 0.5) is 18.9 Å². The van der Waals surface area contributed by atoms with Gasteiger partial charge < -0.3 is 0 Å². The topological polar surface area (TPSA) is 78.0 Å². The molecule has 0 saturated carbocycles. The Hall–Kier alpha value is -2.76. The molecule has 2 aliphatic heterocycles. The fourth-order valence-corrected chi connectivity index (χ4v) is 5.15. The van der Waals surface area contributed by atoms with Crippen molar-refractivity contribution in [2.45, 2.75) is 11.1 Å². The van der Waals surface area contributed by atoms with Gasteiger partial charge in [0, 0.05) is 26.2 Å². The van der Waals surface area contributed by atoms with Gasteiger partial charge >= 0.3 is 12.1 Å². The number of piperazine rings is 1. The number of para-hydroxylation sites is 1. The predicted molar refractivity (Wildman–Crippen MR) is 105 cm³/mol. The number of rotatable bonds is 4. The number of sulfonamides is 1. The molecule has 31 heavy (non-hydrogen) atoms. The second-order valence-electron chi connectivity index (χ2n) is 7.27. The van der Waals surface area contributed by atoms with Gasteiger partial charge in [-0.05, 0) is 30.3 Å². The van der Waals surface area contributed by atoms with Gasteiger partial charge in [-0.25, -0.2) is 8.42 Å². The SMILES string of the molecule is O=C1C(=O)N(CN2CCN(S(=O)(=O)c3cccc(C(F)(F)F)c3)CC2)c2ccccc21. The summed E-state index contributed by atoms with van der Waals surface area (Å²) in [5.74, 6) is -1.22. The second-order valence-corrected chi connectivity index (χ2v) is 9.21. The number of alkyl halides is 3. The Morgan fingerprint density at radius 1 is 0.903 bits per heavy atom. The molecule has 2 aliphatic rings. The Morgan fingerprint density at radius 3 is 2.26 bits per heavy atom. The number of hydrogen-bond donors (Lipinski definition) is 0. The van der Waals surface area contributed by atoms with Crippen LogP contribution in [0.5, 0.6) is 0 Å². The molecule has 0 unspecified atom stereocenters. The Balaban J connectivity index is 1.45. The molecule has 0 N–H and O–H groups in total. The van der Waals surface area contributed by atoms with Crippen LogP contribution in [0.25, 0.3) is 0 Å². The van der Waals surface area contributed by atoms with E-state index >= 15 is 0 Å². The number of carbonyl (C=O) groups excluding carboxylic acids is 2. The molecule has 1 fully saturated rings. The first-order valence-electron chi connectivity index (χ1n) is 9.44. The molecule has 11 heteroatoms. The van der Waals surface area contributed by atoms with E-state index in [1.54, 1.807) is 24.3 Å². The lowest BCUT2D eigenvalue weighted by atomic mass is 10.1. The number of anilines is 1. The summed E-state index contributed by atoms with van der Waals surface area (Å²) in [6.45, 7) is 0.752. The van der Waals surface area contributed by atoms with Crippen LogP contribution in [0, 0.1) is 0 Å². The Labute approximate surface area is 176 Å². The zero-order valence-corrected chi connectivity index (χ0v) is 17.0. The first kappa shape index (κ1) is 21.5. The van der Waals surface area contributed by atoms with Gasteiger partial charge in [-0.3, -0.25) is 19.4 Å². The highest BCUT2D eigenvalue weighted by molar-refractivity contribution is 7.89. The van der Waals surface area contributed by atoms with Crippen LogP contribution >= 0.6 is 0 Å². The summed E-state index contributed by atoms with van der Waals surface area (Å²) in [6.07, 6.45) is -4.64. The van der Waals surface area contributed by atoms with E-state index in [1.807, 2.05) is 4.90 Å². The average molecular weight is 453 g/mol. The molecular weight excluding hydrogens is 435 g/mol. The Morgan fingerprint density at radius 2 is 1.58 bits per heavy atom. The van der Waals surface area contributed by atoms with E-state index in [4.69, 9.17) is 0 Å². The number of benzene rings is 2. The van der Waals surface area contributed by atoms with Gasteiger partial charge in [0.1, 0.15) is 0 Å². The van der Waals surface area contributed by atoms with Crippen LogP contribution < -0.4 is 4.90 Å². The van der Waals surface area contributed by atoms with Crippen molar-refractivity contribution in [1.82, 2.24) is 9.21 Å². The number of halogens is 3. The van der Waals surface area contributed by atoms with E-state index in [2.05, 4.69) is 0 Å². The van der Waals surface area contributed by atoms with Crippen molar-refractivity contribution in [3.05, 3.63) is 59.7 Å². The third-order valence-electron chi connectivity index (χ3n) is 5.35. The van der Waals surface area contributed by atoms with Gasteiger partial charge in [0.15, 0.2) is 0 Å². The van der Waals surface area contributed by atoms with E-state index in [-0.39, 0.29) is 32.8 Å². The number of carbonyl (C=O) groups is 2. The van der Waals surface area contributed by atoms with E-state index < -0.39 is 38.3 Å². The lowest BCUT2D eigenvalue weighted by molar-refractivity contribution is -0.137. The third kappa shape index (κ3) is 3.95. The van der Waals surface area contributed by atoms with Crippen LogP contribution in [-0.2, 0) is 21.0 Å². The van der Waals surface area contributed by atoms with Crippen molar-refractivity contribution in [2.24, 2.45) is 0 Å². The molecule has 0 bridgehead atoms. The highest BCUT2D eigenvalue weighted by Gasteiger charge is 2.38. The minimum Gasteiger partial charge on any atom is -0.291 e. The molecule has 2 aromatic rings. The van der Waals surface area contributed by atoms with Crippen LogP contribution in [-0.4, -0.2) is 62.2 Å². The second kappa shape index (κ2) is 7.74. The zero-order chi connectivity index (χ0) is 22.4. The summed E-state index contributed by atoms with van der Waals surface area (Å²) in [5, 5.41) is 0. The smallest absolute Gasteiger partial charge is 0.291 e. The van der Waals surface area contributed by atoms with Gasteiger partial charge in [-0.2, -0.15) is 17.5 Å². The first-order valence-corrected chi connectivity index (χ1v) is 10.9. The molecule has 7 nitrogen and oxygen atoms in total. The van der Waals surface area contributed by atoms with Crippen molar-refractivity contribution < 1.29 is 31.2 Å². The quantitative estimate of drug-likeness (QED) is 0.664. The molecule has 0 aliphatic carbocycles. The highest BCUT2D eigenvalue weighted by Crippen LogP contribution is 2.32. The number of fused-ring (bicyclic) bond motifs is 1. The van der Waals surface area contributed by atoms with Gasteiger partial charge in [0.05, 0.1) is 28.4 Å². The molecule has 2 aromatic carbocycles. The van der Waals surface area contributed by atoms with Crippen molar-refractivity contribution in [3.63, 3.8) is 0 Å². The molecule has 1 amide bonds. The predicted octanol–water partition coefficient (Wildman–Crippen LogP) is 2.20. The van der Waals surface area contributed by atoms with Crippen molar-refractivity contribution >= 4 is 27.4 Å². The van der Waals surface area contributed by atoms with Crippen molar-refractivity contribution in [3.8, 4) is 0 Å². The Bertz CT molecular complexity index is 1140. The standard InChI is InChI=1S/C20H18F3N3O4S/c21-20(22,23)14-4-3-5-15(12-14)31(29,30)25-10-8-24(9-11-25)13-26-17-7-2-1-6-16(17)18(27)19(26)28/h1-7,12H,8-11,13H2. The van der Waals surface area contributed by atoms with Gasteiger partial charge in [-0.1, -0.05) is 18.2 Å². The summed E-state index contributed by atoms with van der Waals surface area (Å²) in [7, 11) is -4.09. The summed E-state index contributed by atoms with van der Waals surface area (Å²) in [4.78, 5) is 27.2. The third-order valence-corrected chi connectivity index (χ3v) is 7.25. The van der Waals surface area contributed by atoms with Crippen molar-refractivity contribution in [1.29, 1.82) is 0 Å². The number of ketones is 1. The number of amides is 1. The van der Waals surface area contributed by atoms with E-state index in [9.17, 15) is 31.2 Å². The molecular formula is C20H18F3N3O4S. The van der Waals surface area contributed by atoms with E-state index in [1.165, 1.54) is 4.90 Å². The van der Waals surface area contributed by atoms with Gasteiger partial charge in [0.2, 0.25) is 10.0 Å². The number of nitrogens with zero attached hydrogens (tertiary/aromatic N) is 3. The lowest BCUT2D eigenvalue weighted by Crippen LogP contribution is -2.52.